The molecule has 2 saturated heterocycles. The van der Waals surface area contributed by atoms with Crippen LogP contribution < -0.4 is 15.5 Å². The zero-order chi connectivity index (χ0) is 17.6. The lowest BCUT2D eigenvalue weighted by Crippen LogP contribution is -2.44. The Hall–Kier alpha value is -2.32. The Morgan fingerprint density at radius 3 is 2.96 bits per heavy atom. The molecule has 25 heavy (non-hydrogen) atoms. The summed E-state index contributed by atoms with van der Waals surface area (Å²) in [6, 6.07) is 7.03. The van der Waals surface area contributed by atoms with Crippen LogP contribution in [0.1, 0.15) is 18.5 Å². The second-order valence-electron chi connectivity index (χ2n) is 6.00. The molecule has 2 atom stereocenters. The third-order valence-electron chi connectivity index (χ3n) is 4.17. The Morgan fingerprint density at radius 1 is 1.36 bits per heavy atom. The fourth-order valence-corrected chi connectivity index (χ4v) is 2.78. The lowest BCUT2D eigenvalue weighted by Gasteiger charge is -2.24. The number of carbonyl (C=O) groups is 2. The predicted molar refractivity (Wildman–Crippen MR) is 90.6 cm³/mol. The van der Waals surface area contributed by atoms with Gasteiger partial charge in [-0.1, -0.05) is 12.1 Å². The van der Waals surface area contributed by atoms with Crippen LogP contribution >= 0.6 is 0 Å². The number of urea groups is 1. The molecule has 0 bridgehead atoms. The van der Waals surface area contributed by atoms with Gasteiger partial charge in [0.15, 0.2) is 0 Å². The van der Waals surface area contributed by atoms with Gasteiger partial charge in [-0.2, -0.15) is 0 Å². The molecule has 1 aromatic rings. The van der Waals surface area contributed by atoms with Crippen molar-refractivity contribution in [2.24, 2.45) is 0 Å². The standard InChI is InChI=1S/C17H23N3O5/c1-12(19-16(21)18-10-15-11-23-7-8-24-15)13-3-2-4-14(9-13)20-5-6-25-17(20)22/h2-4,9,12,15H,5-8,10-11H2,1H3,(H2,18,19,21)/t12-,15-/m1/s1. The zero-order valence-corrected chi connectivity index (χ0v) is 14.2. The van der Waals surface area contributed by atoms with Crippen molar-refractivity contribution in [1.82, 2.24) is 10.6 Å². The van der Waals surface area contributed by atoms with Crippen LogP contribution in [0, 0.1) is 0 Å². The summed E-state index contributed by atoms with van der Waals surface area (Å²) in [6.07, 6.45) is -0.454. The molecule has 8 heteroatoms. The zero-order valence-electron chi connectivity index (χ0n) is 14.2. The Labute approximate surface area is 146 Å². The van der Waals surface area contributed by atoms with Crippen molar-refractivity contribution in [3.63, 3.8) is 0 Å². The summed E-state index contributed by atoms with van der Waals surface area (Å²) < 4.78 is 15.7. The molecule has 2 fully saturated rings. The highest BCUT2D eigenvalue weighted by Crippen LogP contribution is 2.23. The van der Waals surface area contributed by atoms with E-state index < -0.39 is 0 Å². The van der Waals surface area contributed by atoms with Gasteiger partial charge in [0.25, 0.3) is 0 Å². The van der Waals surface area contributed by atoms with Gasteiger partial charge in [0.2, 0.25) is 0 Å². The largest absolute Gasteiger partial charge is 0.447 e. The van der Waals surface area contributed by atoms with Crippen LogP contribution in [-0.4, -0.2) is 57.7 Å². The van der Waals surface area contributed by atoms with E-state index in [-0.39, 0.29) is 24.3 Å². The number of hydrogen-bond donors (Lipinski definition) is 2. The molecule has 2 N–H and O–H groups in total. The maximum atomic E-state index is 12.1. The number of ether oxygens (including phenoxy) is 3. The van der Waals surface area contributed by atoms with E-state index in [0.717, 1.165) is 11.3 Å². The van der Waals surface area contributed by atoms with Crippen LogP contribution in [0.4, 0.5) is 15.3 Å². The van der Waals surface area contributed by atoms with Crippen LogP contribution in [0.15, 0.2) is 24.3 Å². The molecule has 0 saturated carbocycles. The number of hydrogen-bond acceptors (Lipinski definition) is 5. The minimum absolute atomic E-state index is 0.112. The quantitative estimate of drug-likeness (QED) is 0.839. The molecule has 2 aliphatic rings. The van der Waals surface area contributed by atoms with Crippen molar-refractivity contribution in [2.45, 2.75) is 19.1 Å². The summed E-state index contributed by atoms with van der Waals surface area (Å²) in [5, 5.41) is 5.67. The van der Waals surface area contributed by atoms with Crippen LogP contribution in [-0.2, 0) is 14.2 Å². The first-order valence-corrected chi connectivity index (χ1v) is 8.41. The van der Waals surface area contributed by atoms with Gasteiger partial charge in [-0.05, 0) is 24.6 Å². The minimum atomic E-state index is -0.342. The highest BCUT2D eigenvalue weighted by Gasteiger charge is 2.24. The molecule has 2 heterocycles. The number of rotatable bonds is 5. The normalized spacial score (nSPS) is 21.6. The molecule has 0 spiro atoms. The number of anilines is 1. The van der Waals surface area contributed by atoms with Gasteiger partial charge in [0.05, 0.1) is 38.5 Å². The van der Waals surface area contributed by atoms with Crippen molar-refractivity contribution in [2.75, 3.05) is 44.4 Å². The number of nitrogens with zero attached hydrogens (tertiary/aromatic N) is 1. The van der Waals surface area contributed by atoms with Crippen molar-refractivity contribution in [1.29, 1.82) is 0 Å². The lowest BCUT2D eigenvalue weighted by atomic mass is 10.1. The molecule has 8 nitrogen and oxygen atoms in total. The highest BCUT2D eigenvalue weighted by molar-refractivity contribution is 5.89. The highest BCUT2D eigenvalue weighted by atomic mass is 16.6. The molecular formula is C17H23N3O5. The second-order valence-corrected chi connectivity index (χ2v) is 6.00. The Morgan fingerprint density at radius 2 is 2.24 bits per heavy atom. The molecular weight excluding hydrogens is 326 g/mol. The summed E-state index contributed by atoms with van der Waals surface area (Å²) in [5.41, 5.74) is 1.67. The number of benzene rings is 1. The summed E-state index contributed by atoms with van der Waals surface area (Å²) >= 11 is 0. The monoisotopic (exact) mass is 349 g/mol. The molecule has 0 unspecified atom stereocenters. The molecule has 0 aromatic heterocycles. The smallest absolute Gasteiger partial charge is 0.414 e. The number of cyclic esters (lactones) is 1. The molecule has 2 aliphatic heterocycles. The van der Waals surface area contributed by atoms with Gasteiger partial charge in [-0.25, -0.2) is 9.59 Å². The van der Waals surface area contributed by atoms with Gasteiger partial charge < -0.3 is 24.8 Å². The maximum absolute atomic E-state index is 12.1. The van der Waals surface area contributed by atoms with E-state index in [4.69, 9.17) is 14.2 Å². The van der Waals surface area contributed by atoms with Gasteiger partial charge in [0.1, 0.15) is 6.61 Å². The van der Waals surface area contributed by atoms with Gasteiger partial charge in [-0.15, -0.1) is 0 Å². The summed E-state index contributed by atoms with van der Waals surface area (Å²) in [7, 11) is 0. The lowest BCUT2D eigenvalue weighted by molar-refractivity contribution is -0.0853. The minimum Gasteiger partial charge on any atom is -0.447 e. The van der Waals surface area contributed by atoms with Crippen molar-refractivity contribution in [3.8, 4) is 0 Å². The van der Waals surface area contributed by atoms with E-state index in [9.17, 15) is 9.59 Å². The second kappa shape index (κ2) is 8.17. The summed E-state index contributed by atoms with van der Waals surface area (Å²) in [5.74, 6) is 0. The van der Waals surface area contributed by atoms with Crippen molar-refractivity contribution < 1.29 is 23.8 Å². The van der Waals surface area contributed by atoms with Gasteiger partial charge >= 0.3 is 12.1 Å². The van der Waals surface area contributed by atoms with Gasteiger partial charge in [0, 0.05) is 12.2 Å². The van der Waals surface area contributed by atoms with E-state index in [1.54, 1.807) is 4.90 Å². The Bertz CT molecular complexity index is 618. The molecule has 1 aromatic carbocycles. The van der Waals surface area contributed by atoms with Crippen LogP contribution in [0.25, 0.3) is 0 Å². The molecule has 3 amide bonds. The first-order chi connectivity index (χ1) is 12.1. The maximum Gasteiger partial charge on any atom is 0.414 e. The van der Waals surface area contributed by atoms with Crippen LogP contribution in [0.3, 0.4) is 0 Å². The summed E-state index contributed by atoms with van der Waals surface area (Å²) in [4.78, 5) is 25.3. The number of carbonyl (C=O) groups excluding carboxylic acids is 2. The third-order valence-corrected chi connectivity index (χ3v) is 4.17. The SMILES string of the molecule is C[C@@H](NC(=O)NC[C@@H]1COCCO1)c1cccc(N2CCOC2=O)c1. The number of amides is 3. The van der Waals surface area contributed by atoms with E-state index in [2.05, 4.69) is 10.6 Å². The Balaban J connectivity index is 1.52. The molecule has 3 rings (SSSR count). The van der Waals surface area contributed by atoms with Gasteiger partial charge in [-0.3, -0.25) is 4.90 Å². The van der Waals surface area contributed by atoms with E-state index in [1.165, 1.54) is 0 Å². The first kappa shape index (κ1) is 17.5. The number of nitrogens with one attached hydrogen (secondary N) is 2. The summed E-state index contributed by atoms with van der Waals surface area (Å²) in [6.45, 7) is 4.86. The Kier molecular flexibility index (Phi) is 5.72. The van der Waals surface area contributed by atoms with E-state index in [1.807, 2.05) is 31.2 Å². The van der Waals surface area contributed by atoms with Crippen molar-refractivity contribution in [3.05, 3.63) is 29.8 Å². The van der Waals surface area contributed by atoms with Crippen LogP contribution in [0.5, 0.6) is 0 Å². The fourth-order valence-electron chi connectivity index (χ4n) is 2.78. The average Bonchev–Trinajstić information content (AvgIpc) is 3.07. The molecule has 0 aliphatic carbocycles. The molecule has 0 radical (unpaired) electrons. The van der Waals surface area contributed by atoms with Crippen molar-refractivity contribution >= 4 is 17.8 Å². The topological polar surface area (TPSA) is 89.1 Å². The first-order valence-electron chi connectivity index (χ1n) is 8.41. The van der Waals surface area contributed by atoms with Crippen LogP contribution in [0.2, 0.25) is 0 Å². The predicted octanol–water partition coefficient (Wildman–Crippen LogP) is 1.42. The third kappa shape index (κ3) is 4.61. The van der Waals surface area contributed by atoms with E-state index >= 15 is 0 Å². The van der Waals surface area contributed by atoms with E-state index in [0.29, 0.717) is 39.5 Å². The molecule has 136 valence electrons. The fraction of sp³-hybridized carbons (Fsp3) is 0.529. The average molecular weight is 349 g/mol.